The minimum atomic E-state index is -0.291. The van der Waals surface area contributed by atoms with Crippen LogP contribution in [0.5, 0.6) is 0 Å². The lowest BCUT2D eigenvalue weighted by molar-refractivity contribution is 0.0622. The van der Waals surface area contributed by atoms with Crippen molar-refractivity contribution in [3.8, 4) is 0 Å². The molecule has 1 aromatic carbocycles. The number of cyclic esters (lactones) is 1. The van der Waals surface area contributed by atoms with Gasteiger partial charge in [-0.25, -0.2) is 9.59 Å². The molecule has 2 fully saturated rings. The van der Waals surface area contributed by atoms with Crippen LogP contribution < -0.4 is 0 Å². The van der Waals surface area contributed by atoms with Gasteiger partial charge in [-0.1, -0.05) is 30.3 Å². The zero-order valence-electron chi connectivity index (χ0n) is 14.2. The molecule has 0 aliphatic carbocycles. The summed E-state index contributed by atoms with van der Waals surface area (Å²) in [6, 6.07) is 9.76. The maximum Gasteiger partial charge on any atom is 0.410 e. The minimum absolute atomic E-state index is 0.119. The molecule has 2 saturated heterocycles. The zero-order chi connectivity index (χ0) is 17.2. The number of ether oxygens (including phenoxy) is 2. The second-order valence-corrected chi connectivity index (χ2v) is 7.00. The third kappa shape index (κ3) is 3.47. The number of likely N-dealkylation sites (tertiary alicyclic amines) is 1. The Morgan fingerprint density at radius 2 is 1.92 bits per heavy atom. The smallest absolute Gasteiger partial charge is 0.410 e. The molecule has 6 nitrogen and oxygen atoms in total. The second-order valence-electron chi connectivity index (χ2n) is 7.00. The highest BCUT2D eigenvalue weighted by Gasteiger charge is 2.44. The van der Waals surface area contributed by atoms with Gasteiger partial charge in [0.15, 0.2) is 0 Å². The molecule has 2 heterocycles. The molecule has 0 bridgehead atoms. The topological polar surface area (TPSA) is 59.1 Å². The van der Waals surface area contributed by atoms with Crippen LogP contribution in [0, 0.1) is 0 Å². The zero-order valence-corrected chi connectivity index (χ0v) is 14.2. The number of rotatable bonds is 3. The van der Waals surface area contributed by atoms with E-state index in [1.54, 1.807) is 4.90 Å². The van der Waals surface area contributed by atoms with Crippen LogP contribution in [0.25, 0.3) is 0 Å². The van der Waals surface area contributed by atoms with Crippen molar-refractivity contribution in [1.82, 2.24) is 9.80 Å². The van der Waals surface area contributed by atoms with Crippen molar-refractivity contribution >= 4 is 12.2 Å². The number of benzene rings is 1. The highest BCUT2D eigenvalue weighted by atomic mass is 16.6. The molecule has 24 heavy (non-hydrogen) atoms. The molecular formula is C18H24N2O4. The SMILES string of the molecule is CC1(C)COC(=O)N1C1CCN(C(=O)OCc2ccccc2)CC1. The minimum Gasteiger partial charge on any atom is -0.447 e. The first-order valence-corrected chi connectivity index (χ1v) is 8.39. The molecule has 0 radical (unpaired) electrons. The van der Waals surface area contributed by atoms with Crippen LogP contribution >= 0.6 is 0 Å². The molecule has 0 unspecified atom stereocenters. The van der Waals surface area contributed by atoms with E-state index in [4.69, 9.17) is 9.47 Å². The van der Waals surface area contributed by atoms with Crippen molar-refractivity contribution in [2.45, 2.75) is 44.9 Å². The summed E-state index contributed by atoms with van der Waals surface area (Å²) in [5.74, 6) is 0. The molecule has 0 saturated carbocycles. The lowest BCUT2D eigenvalue weighted by Crippen LogP contribution is -2.53. The molecule has 0 spiro atoms. The fourth-order valence-corrected chi connectivity index (χ4v) is 3.39. The van der Waals surface area contributed by atoms with Gasteiger partial charge in [0, 0.05) is 19.1 Å². The van der Waals surface area contributed by atoms with E-state index in [0.717, 1.165) is 18.4 Å². The number of carbonyl (C=O) groups is 2. The number of hydrogen-bond acceptors (Lipinski definition) is 4. The fourth-order valence-electron chi connectivity index (χ4n) is 3.39. The highest BCUT2D eigenvalue weighted by molar-refractivity contribution is 5.71. The Bertz CT molecular complexity index is 594. The summed E-state index contributed by atoms with van der Waals surface area (Å²) >= 11 is 0. The highest BCUT2D eigenvalue weighted by Crippen LogP contribution is 2.30. The first-order valence-electron chi connectivity index (χ1n) is 8.39. The van der Waals surface area contributed by atoms with E-state index in [-0.39, 0.29) is 30.4 Å². The molecule has 0 aromatic heterocycles. The molecule has 6 heteroatoms. The van der Waals surface area contributed by atoms with Crippen LogP contribution in [-0.2, 0) is 16.1 Å². The summed E-state index contributed by atoms with van der Waals surface area (Å²) in [4.78, 5) is 27.7. The largest absolute Gasteiger partial charge is 0.447 e. The summed E-state index contributed by atoms with van der Waals surface area (Å²) in [6.07, 6.45) is 0.962. The van der Waals surface area contributed by atoms with E-state index in [1.165, 1.54) is 0 Å². The van der Waals surface area contributed by atoms with E-state index in [2.05, 4.69) is 0 Å². The Balaban J connectivity index is 1.50. The number of carbonyl (C=O) groups excluding carboxylic acids is 2. The van der Waals surface area contributed by atoms with Gasteiger partial charge in [0.25, 0.3) is 0 Å². The lowest BCUT2D eigenvalue weighted by atomic mass is 9.97. The van der Waals surface area contributed by atoms with Crippen LogP contribution in [0.2, 0.25) is 0 Å². The van der Waals surface area contributed by atoms with E-state index < -0.39 is 0 Å². The van der Waals surface area contributed by atoms with Crippen molar-refractivity contribution in [2.24, 2.45) is 0 Å². The molecule has 2 aliphatic rings. The number of amides is 2. The van der Waals surface area contributed by atoms with Crippen LogP contribution in [0.3, 0.4) is 0 Å². The predicted octanol–water partition coefficient (Wildman–Crippen LogP) is 3.02. The van der Waals surface area contributed by atoms with Gasteiger partial charge in [-0.3, -0.25) is 4.90 Å². The number of nitrogens with zero attached hydrogens (tertiary/aromatic N) is 2. The lowest BCUT2D eigenvalue weighted by Gasteiger charge is -2.40. The third-order valence-corrected chi connectivity index (χ3v) is 4.69. The van der Waals surface area contributed by atoms with Crippen molar-refractivity contribution in [2.75, 3.05) is 19.7 Å². The van der Waals surface area contributed by atoms with Crippen molar-refractivity contribution in [3.05, 3.63) is 35.9 Å². The predicted molar refractivity (Wildman–Crippen MR) is 88.5 cm³/mol. The van der Waals surface area contributed by atoms with Crippen LogP contribution in [0.1, 0.15) is 32.3 Å². The van der Waals surface area contributed by atoms with E-state index in [1.807, 2.05) is 49.1 Å². The normalized spacial score (nSPS) is 20.8. The Morgan fingerprint density at radius 3 is 2.50 bits per heavy atom. The second kappa shape index (κ2) is 6.71. The Hall–Kier alpha value is -2.24. The summed E-state index contributed by atoms with van der Waals surface area (Å²) in [5.41, 5.74) is 0.694. The van der Waals surface area contributed by atoms with Crippen molar-refractivity contribution < 1.29 is 19.1 Å². The maximum atomic E-state index is 12.2. The first-order chi connectivity index (χ1) is 11.5. The van der Waals surface area contributed by atoms with Gasteiger partial charge >= 0.3 is 12.2 Å². The maximum absolute atomic E-state index is 12.2. The van der Waals surface area contributed by atoms with Crippen LogP contribution in [0.4, 0.5) is 9.59 Å². The van der Waals surface area contributed by atoms with Crippen molar-refractivity contribution in [3.63, 3.8) is 0 Å². The summed E-state index contributed by atoms with van der Waals surface area (Å²) in [5, 5.41) is 0. The molecular weight excluding hydrogens is 308 g/mol. The molecule has 1 aromatic rings. The molecule has 0 atom stereocenters. The average molecular weight is 332 g/mol. The number of hydrogen-bond donors (Lipinski definition) is 0. The summed E-state index contributed by atoms with van der Waals surface area (Å²) in [7, 11) is 0. The quantitative estimate of drug-likeness (QED) is 0.854. The molecule has 3 rings (SSSR count). The molecule has 0 N–H and O–H groups in total. The fraction of sp³-hybridized carbons (Fsp3) is 0.556. The third-order valence-electron chi connectivity index (χ3n) is 4.69. The Kier molecular flexibility index (Phi) is 4.64. The molecule has 2 aliphatic heterocycles. The Labute approximate surface area is 142 Å². The van der Waals surface area contributed by atoms with Gasteiger partial charge in [0.1, 0.15) is 13.2 Å². The van der Waals surface area contributed by atoms with Gasteiger partial charge in [0.05, 0.1) is 5.54 Å². The van der Waals surface area contributed by atoms with E-state index in [0.29, 0.717) is 19.7 Å². The Morgan fingerprint density at radius 1 is 1.25 bits per heavy atom. The van der Waals surface area contributed by atoms with Gasteiger partial charge in [-0.2, -0.15) is 0 Å². The van der Waals surface area contributed by atoms with Crippen molar-refractivity contribution in [1.29, 1.82) is 0 Å². The van der Waals surface area contributed by atoms with Crippen LogP contribution in [0.15, 0.2) is 30.3 Å². The van der Waals surface area contributed by atoms with E-state index >= 15 is 0 Å². The monoisotopic (exact) mass is 332 g/mol. The summed E-state index contributed by atoms with van der Waals surface area (Å²) < 4.78 is 10.5. The molecule has 2 amide bonds. The van der Waals surface area contributed by atoms with Gasteiger partial charge in [0.2, 0.25) is 0 Å². The van der Waals surface area contributed by atoms with E-state index in [9.17, 15) is 9.59 Å². The first kappa shape index (κ1) is 16.6. The van der Waals surface area contributed by atoms with Gasteiger partial charge in [-0.05, 0) is 32.3 Å². The standard InChI is InChI=1S/C18H24N2O4/c1-18(2)13-24-17(22)20(18)15-8-10-19(11-9-15)16(21)23-12-14-6-4-3-5-7-14/h3-7,15H,8-13H2,1-2H3. The average Bonchev–Trinajstić information content (AvgIpc) is 2.87. The van der Waals surface area contributed by atoms with Gasteiger partial charge < -0.3 is 14.4 Å². The summed E-state index contributed by atoms with van der Waals surface area (Å²) in [6.45, 7) is 5.92. The van der Waals surface area contributed by atoms with Gasteiger partial charge in [-0.15, -0.1) is 0 Å². The number of piperidine rings is 1. The van der Waals surface area contributed by atoms with Crippen LogP contribution in [-0.4, -0.2) is 53.3 Å². The molecule has 130 valence electrons.